The lowest BCUT2D eigenvalue weighted by Crippen LogP contribution is -2.28. The van der Waals surface area contributed by atoms with Crippen molar-refractivity contribution in [3.05, 3.63) is 71.5 Å². The number of para-hydroxylation sites is 1. The van der Waals surface area contributed by atoms with Crippen LogP contribution in [-0.2, 0) is 12.7 Å². The molecule has 134 valence electrons. The van der Waals surface area contributed by atoms with Gasteiger partial charge in [0.2, 0.25) is 0 Å². The van der Waals surface area contributed by atoms with Crippen molar-refractivity contribution in [2.75, 3.05) is 7.05 Å². The van der Waals surface area contributed by atoms with E-state index in [0.717, 1.165) is 6.07 Å². The Balaban J connectivity index is 1.89. The Bertz CT molecular complexity index is 909. The largest absolute Gasteiger partial charge is 0.416 e. The Morgan fingerprint density at radius 3 is 2.50 bits per heavy atom. The molecule has 0 saturated carbocycles. The molecule has 26 heavy (non-hydrogen) atoms. The Morgan fingerprint density at radius 1 is 1.12 bits per heavy atom. The predicted octanol–water partition coefficient (Wildman–Crippen LogP) is 2.95. The van der Waals surface area contributed by atoms with Gasteiger partial charge in [-0.15, -0.1) is 5.10 Å². The van der Waals surface area contributed by atoms with Gasteiger partial charge in [0.25, 0.3) is 5.91 Å². The molecular weight excluding hydrogens is 347 g/mol. The van der Waals surface area contributed by atoms with Gasteiger partial charge in [-0.05, 0) is 34.2 Å². The van der Waals surface area contributed by atoms with Gasteiger partial charge in [0.05, 0.1) is 16.8 Å². The summed E-state index contributed by atoms with van der Waals surface area (Å²) in [5.74, 6) is -0.437. The summed E-state index contributed by atoms with van der Waals surface area (Å²) in [6.07, 6.45) is -3.14. The molecule has 1 aromatic heterocycles. The van der Waals surface area contributed by atoms with E-state index in [9.17, 15) is 18.0 Å². The predicted molar refractivity (Wildman–Crippen MR) is 86.4 cm³/mol. The van der Waals surface area contributed by atoms with Gasteiger partial charge in [-0.3, -0.25) is 4.79 Å². The minimum Gasteiger partial charge on any atom is -0.337 e. The van der Waals surface area contributed by atoms with Crippen LogP contribution < -0.4 is 0 Å². The maximum atomic E-state index is 13.1. The Hall–Kier alpha value is -3.23. The third-order valence-electron chi connectivity index (χ3n) is 3.81. The van der Waals surface area contributed by atoms with Gasteiger partial charge >= 0.3 is 6.18 Å². The quantitative estimate of drug-likeness (QED) is 0.717. The maximum Gasteiger partial charge on any atom is 0.416 e. The summed E-state index contributed by atoms with van der Waals surface area (Å²) in [7, 11) is 1.45. The van der Waals surface area contributed by atoms with Gasteiger partial charge in [-0.25, -0.2) is 0 Å². The molecule has 1 amide bonds. The molecule has 0 atom stereocenters. The number of rotatable bonds is 4. The Kier molecular flexibility index (Phi) is 4.70. The molecule has 0 aliphatic carbocycles. The molecule has 0 bridgehead atoms. The lowest BCUT2D eigenvalue weighted by molar-refractivity contribution is -0.138. The minimum atomic E-state index is -4.48. The fourth-order valence-corrected chi connectivity index (χ4v) is 2.59. The van der Waals surface area contributed by atoms with Crippen molar-refractivity contribution in [1.82, 2.24) is 25.1 Å². The first-order valence-corrected chi connectivity index (χ1v) is 7.61. The topological polar surface area (TPSA) is 63.9 Å². The summed E-state index contributed by atoms with van der Waals surface area (Å²) in [4.78, 5) is 14.0. The highest BCUT2D eigenvalue weighted by atomic mass is 19.4. The molecule has 6 nitrogen and oxygen atoms in total. The first-order chi connectivity index (χ1) is 12.4. The molecule has 3 aromatic rings. The van der Waals surface area contributed by atoms with Crippen LogP contribution >= 0.6 is 0 Å². The zero-order valence-corrected chi connectivity index (χ0v) is 13.7. The number of nitrogens with zero attached hydrogens (tertiary/aromatic N) is 5. The first-order valence-electron chi connectivity index (χ1n) is 7.61. The van der Waals surface area contributed by atoms with Crippen molar-refractivity contribution in [3.8, 4) is 5.69 Å². The van der Waals surface area contributed by atoms with Crippen molar-refractivity contribution < 1.29 is 18.0 Å². The molecular formula is C17H14F3N5O. The fraction of sp³-hybridized carbons (Fsp3) is 0.176. The summed E-state index contributed by atoms with van der Waals surface area (Å²) in [5.41, 5.74) is -0.00517. The molecule has 1 heterocycles. The number of hydrogen-bond acceptors (Lipinski definition) is 4. The Labute approximate surface area is 146 Å². The second-order valence-corrected chi connectivity index (χ2v) is 5.59. The van der Waals surface area contributed by atoms with Crippen LogP contribution in [0.3, 0.4) is 0 Å². The van der Waals surface area contributed by atoms with E-state index < -0.39 is 17.6 Å². The number of amides is 1. The Morgan fingerprint density at radius 2 is 1.81 bits per heavy atom. The summed E-state index contributed by atoms with van der Waals surface area (Å²) in [5, 5.41) is 10.8. The van der Waals surface area contributed by atoms with Crippen molar-refractivity contribution in [2.24, 2.45) is 0 Å². The molecule has 0 saturated heterocycles. The normalized spacial score (nSPS) is 11.4. The highest BCUT2D eigenvalue weighted by Crippen LogP contribution is 2.32. The number of hydrogen-bond donors (Lipinski definition) is 0. The van der Waals surface area contributed by atoms with E-state index >= 15 is 0 Å². The van der Waals surface area contributed by atoms with Crippen LogP contribution in [0.15, 0.2) is 54.9 Å². The summed E-state index contributed by atoms with van der Waals surface area (Å²) < 4.78 is 40.8. The number of tetrazole rings is 1. The molecule has 0 spiro atoms. The smallest absolute Gasteiger partial charge is 0.337 e. The molecule has 0 N–H and O–H groups in total. The van der Waals surface area contributed by atoms with Crippen molar-refractivity contribution >= 4 is 5.91 Å². The number of carbonyl (C=O) groups excluding carboxylic acids is 1. The number of alkyl halides is 3. The molecule has 0 aliphatic heterocycles. The first kappa shape index (κ1) is 17.6. The second kappa shape index (κ2) is 6.95. The van der Waals surface area contributed by atoms with E-state index in [4.69, 9.17) is 0 Å². The van der Waals surface area contributed by atoms with Crippen molar-refractivity contribution in [2.45, 2.75) is 12.7 Å². The third kappa shape index (κ3) is 3.56. The third-order valence-corrected chi connectivity index (χ3v) is 3.81. The van der Waals surface area contributed by atoms with Crippen molar-refractivity contribution in [1.29, 1.82) is 0 Å². The van der Waals surface area contributed by atoms with Crippen LogP contribution in [0.2, 0.25) is 0 Å². The number of aromatic nitrogens is 4. The molecule has 3 rings (SSSR count). The highest BCUT2D eigenvalue weighted by molar-refractivity contribution is 5.97. The van der Waals surface area contributed by atoms with Crippen LogP contribution in [0.1, 0.15) is 21.5 Å². The van der Waals surface area contributed by atoms with Gasteiger partial charge < -0.3 is 4.90 Å². The van der Waals surface area contributed by atoms with Crippen LogP contribution in [0.25, 0.3) is 5.69 Å². The zero-order chi connectivity index (χ0) is 18.7. The van der Waals surface area contributed by atoms with Gasteiger partial charge in [0.15, 0.2) is 0 Å². The van der Waals surface area contributed by atoms with Crippen LogP contribution in [0.5, 0.6) is 0 Å². The monoisotopic (exact) mass is 361 g/mol. The summed E-state index contributed by atoms with van der Waals surface area (Å²) >= 11 is 0. The van der Waals surface area contributed by atoms with Crippen LogP contribution in [-0.4, -0.2) is 38.1 Å². The molecule has 0 aliphatic rings. The van der Waals surface area contributed by atoms with Gasteiger partial charge in [0, 0.05) is 13.6 Å². The molecule has 2 aromatic carbocycles. The van der Waals surface area contributed by atoms with E-state index in [1.807, 2.05) is 0 Å². The van der Waals surface area contributed by atoms with E-state index in [1.165, 1.54) is 41.2 Å². The number of benzene rings is 2. The fourth-order valence-electron chi connectivity index (χ4n) is 2.59. The average Bonchev–Trinajstić information content (AvgIpc) is 3.15. The van der Waals surface area contributed by atoms with E-state index in [-0.39, 0.29) is 17.7 Å². The van der Waals surface area contributed by atoms with E-state index in [0.29, 0.717) is 5.69 Å². The minimum absolute atomic E-state index is 0.0238. The maximum absolute atomic E-state index is 13.1. The lowest BCUT2D eigenvalue weighted by Gasteiger charge is -2.21. The molecule has 9 heteroatoms. The second-order valence-electron chi connectivity index (χ2n) is 5.59. The van der Waals surface area contributed by atoms with Crippen LogP contribution in [0, 0.1) is 0 Å². The molecule has 0 unspecified atom stereocenters. The van der Waals surface area contributed by atoms with Gasteiger partial charge in [-0.1, -0.05) is 30.3 Å². The number of halogens is 3. The standard InChI is InChI=1S/C17H14F3N5O/c1-24(10-12-6-2-4-8-14(12)17(18,19)20)16(26)13-7-3-5-9-15(13)25-11-21-22-23-25/h2-9,11H,10H2,1H3. The highest BCUT2D eigenvalue weighted by Gasteiger charge is 2.33. The zero-order valence-electron chi connectivity index (χ0n) is 13.7. The van der Waals surface area contributed by atoms with Crippen LogP contribution in [0.4, 0.5) is 13.2 Å². The van der Waals surface area contributed by atoms with Crippen molar-refractivity contribution in [3.63, 3.8) is 0 Å². The molecule has 0 fully saturated rings. The number of carbonyl (C=O) groups is 1. The van der Waals surface area contributed by atoms with E-state index in [2.05, 4.69) is 15.5 Å². The summed E-state index contributed by atoms with van der Waals surface area (Å²) in [6.45, 7) is -0.182. The SMILES string of the molecule is CN(Cc1ccccc1C(F)(F)F)C(=O)c1ccccc1-n1cnnn1. The lowest BCUT2D eigenvalue weighted by atomic mass is 10.1. The summed E-state index contributed by atoms with van der Waals surface area (Å²) in [6, 6.07) is 11.8. The van der Waals surface area contributed by atoms with E-state index in [1.54, 1.807) is 24.3 Å². The van der Waals surface area contributed by atoms with Gasteiger partial charge in [0.1, 0.15) is 6.33 Å². The average molecular weight is 361 g/mol. The van der Waals surface area contributed by atoms with Gasteiger partial charge in [-0.2, -0.15) is 17.9 Å². The molecule has 0 radical (unpaired) electrons.